The Balaban J connectivity index is 2.07. The van der Waals surface area contributed by atoms with Crippen LogP contribution in [0.3, 0.4) is 0 Å². The Morgan fingerprint density at radius 2 is 2.26 bits per heavy atom. The number of carbonyl (C=O) groups is 2. The molecule has 3 amide bonds. The highest BCUT2D eigenvalue weighted by Crippen LogP contribution is 2.31. The molecule has 0 saturated heterocycles. The summed E-state index contributed by atoms with van der Waals surface area (Å²) in [5.41, 5.74) is 1.17. The summed E-state index contributed by atoms with van der Waals surface area (Å²) in [5.74, 6) is 0.409. The predicted molar refractivity (Wildman–Crippen MR) is 72.5 cm³/mol. The third-order valence-electron chi connectivity index (χ3n) is 2.70. The van der Waals surface area contributed by atoms with Gasteiger partial charge in [0, 0.05) is 12.2 Å². The molecule has 2 rings (SSSR count). The lowest BCUT2D eigenvalue weighted by molar-refractivity contribution is -0.122. The number of hydrogen-bond donors (Lipinski definition) is 3. The van der Waals surface area contributed by atoms with Gasteiger partial charge in [-0.3, -0.25) is 4.79 Å². The van der Waals surface area contributed by atoms with Crippen molar-refractivity contribution < 1.29 is 14.3 Å². The van der Waals surface area contributed by atoms with Crippen molar-refractivity contribution in [1.29, 1.82) is 0 Å². The Morgan fingerprint density at radius 3 is 3.00 bits per heavy atom. The molecule has 1 atom stereocenters. The molecular formula is C13H17N3O3. The SMILES string of the molecule is CCCNC(=O)Nc1ccc2c(c1)NC(=O)C(C)O2. The molecule has 0 saturated carbocycles. The fraction of sp³-hybridized carbons (Fsp3) is 0.385. The molecule has 0 radical (unpaired) electrons. The van der Waals surface area contributed by atoms with Crippen molar-refractivity contribution >= 4 is 23.3 Å². The quantitative estimate of drug-likeness (QED) is 0.779. The van der Waals surface area contributed by atoms with Crippen LogP contribution in [0.15, 0.2) is 18.2 Å². The van der Waals surface area contributed by atoms with Crippen LogP contribution in [0.1, 0.15) is 20.3 Å². The van der Waals surface area contributed by atoms with Crippen LogP contribution in [0.25, 0.3) is 0 Å². The fourth-order valence-electron chi connectivity index (χ4n) is 1.70. The third kappa shape index (κ3) is 3.15. The lowest BCUT2D eigenvalue weighted by atomic mass is 10.2. The van der Waals surface area contributed by atoms with Crippen molar-refractivity contribution in [3.05, 3.63) is 18.2 Å². The summed E-state index contributed by atoms with van der Waals surface area (Å²) in [6.07, 6.45) is 0.374. The van der Waals surface area contributed by atoms with E-state index in [4.69, 9.17) is 4.74 Å². The van der Waals surface area contributed by atoms with E-state index in [1.807, 2.05) is 6.92 Å². The van der Waals surface area contributed by atoms with Crippen LogP contribution in [0.5, 0.6) is 5.75 Å². The molecule has 1 aromatic rings. The second-order valence-electron chi connectivity index (χ2n) is 4.34. The minimum Gasteiger partial charge on any atom is -0.479 e. The smallest absolute Gasteiger partial charge is 0.319 e. The Bertz CT molecular complexity index is 502. The summed E-state index contributed by atoms with van der Waals surface area (Å²) in [6.45, 7) is 4.28. The second kappa shape index (κ2) is 5.60. The van der Waals surface area contributed by atoms with Crippen molar-refractivity contribution in [1.82, 2.24) is 5.32 Å². The first kappa shape index (κ1) is 13.2. The number of rotatable bonds is 3. The van der Waals surface area contributed by atoms with Gasteiger partial charge in [0.1, 0.15) is 5.75 Å². The van der Waals surface area contributed by atoms with Gasteiger partial charge in [0.15, 0.2) is 6.10 Å². The molecule has 1 heterocycles. The number of fused-ring (bicyclic) bond motifs is 1. The van der Waals surface area contributed by atoms with E-state index in [1.165, 1.54) is 0 Å². The van der Waals surface area contributed by atoms with Gasteiger partial charge < -0.3 is 20.7 Å². The minimum atomic E-state index is -0.501. The molecule has 102 valence electrons. The van der Waals surface area contributed by atoms with Gasteiger partial charge in [0.25, 0.3) is 5.91 Å². The van der Waals surface area contributed by atoms with E-state index < -0.39 is 6.10 Å². The zero-order chi connectivity index (χ0) is 13.8. The van der Waals surface area contributed by atoms with Crippen molar-refractivity contribution in [3.8, 4) is 5.75 Å². The Kier molecular flexibility index (Phi) is 3.89. The molecule has 0 fully saturated rings. The van der Waals surface area contributed by atoms with Gasteiger partial charge in [0.05, 0.1) is 5.69 Å². The third-order valence-corrected chi connectivity index (χ3v) is 2.70. The maximum Gasteiger partial charge on any atom is 0.319 e. The van der Waals surface area contributed by atoms with Gasteiger partial charge in [-0.25, -0.2) is 4.79 Å². The number of nitrogens with one attached hydrogen (secondary N) is 3. The van der Waals surface area contributed by atoms with Crippen LogP contribution in [0, 0.1) is 0 Å². The lowest BCUT2D eigenvalue weighted by Crippen LogP contribution is -2.34. The van der Waals surface area contributed by atoms with Gasteiger partial charge in [0.2, 0.25) is 0 Å². The molecule has 1 aliphatic rings. The van der Waals surface area contributed by atoms with E-state index in [9.17, 15) is 9.59 Å². The van der Waals surface area contributed by atoms with Gasteiger partial charge in [-0.15, -0.1) is 0 Å². The normalized spacial score (nSPS) is 16.9. The van der Waals surface area contributed by atoms with Crippen molar-refractivity contribution in [2.45, 2.75) is 26.4 Å². The first-order chi connectivity index (χ1) is 9.10. The number of carbonyl (C=O) groups excluding carboxylic acids is 2. The van der Waals surface area contributed by atoms with Crippen molar-refractivity contribution in [3.63, 3.8) is 0 Å². The highest BCUT2D eigenvalue weighted by molar-refractivity contribution is 5.99. The molecule has 19 heavy (non-hydrogen) atoms. The van der Waals surface area contributed by atoms with E-state index in [1.54, 1.807) is 25.1 Å². The zero-order valence-electron chi connectivity index (χ0n) is 10.9. The standard InChI is InChI=1S/C13H17N3O3/c1-3-6-14-13(18)15-9-4-5-11-10(7-9)16-12(17)8(2)19-11/h4-5,7-8H,3,6H2,1-2H3,(H,16,17)(H2,14,15,18). The number of ether oxygens (including phenoxy) is 1. The largest absolute Gasteiger partial charge is 0.479 e. The van der Waals surface area contributed by atoms with Gasteiger partial charge in [-0.05, 0) is 31.5 Å². The number of benzene rings is 1. The van der Waals surface area contributed by atoms with E-state index in [0.717, 1.165) is 6.42 Å². The number of urea groups is 1. The molecule has 1 aliphatic heterocycles. The summed E-state index contributed by atoms with van der Waals surface area (Å²) in [7, 11) is 0. The van der Waals surface area contributed by atoms with Gasteiger partial charge in [-0.1, -0.05) is 6.92 Å². The Labute approximate surface area is 111 Å². The second-order valence-corrected chi connectivity index (χ2v) is 4.34. The highest BCUT2D eigenvalue weighted by atomic mass is 16.5. The average molecular weight is 263 g/mol. The van der Waals surface area contributed by atoms with E-state index in [-0.39, 0.29) is 11.9 Å². The predicted octanol–water partition coefficient (Wildman–Crippen LogP) is 1.94. The van der Waals surface area contributed by atoms with Crippen LogP contribution in [0.2, 0.25) is 0 Å². The van der Waals surface area contributed by atoms with Crippen LogP contribution < -0.4 is 20.7 Å². The van der Waals surface area contributed by atoms with Crippen molar-refractivity contribution in [2.75, 3.05) is 17.2 Å². The summed E-state index contributed by atoms with van der Waals surface area (Å²) in [5, 5.41) is 8.13. The maximum absolute atomic E-state index is 11.5. The van der Waals surface area contributed by atoms with E-state index in [2.05, 4.69) is 16.0 Å². The molecule has 3 N–H and O–H groups in total. The summed E-state index contributed by atoms with van der Waals surface area (Å²) >= 11 is 0. The molecule has 1 aromatic carbocycles. The lowest BCUT2D eigenvalue weighted by Gasteiger charge is -2.23. The Morgan fingerprint density at radius 1 is 1.47 bits per heavy atom. The highest BCUT2D eigenvalue weighted by Gasteiger charge is 2.23. The zero-order valence-corrected chi connectivity index (χ0v) is 10.9. The number of hydrogen-bond acceptors (Lipinski definition) is 3. The molecule has 6 nitrogen and oxygen atoms in total. The van der Waals surface area contributed by atoms with E-state index >= 15 is 0 Å². The van der Waals surface area contributed by atoms with Crippen LogP contribution in [-0.2, 0) is 4.79 Å². The molecule has 0 aromatic heterocycles. The monoisotopic (exact) mass is 263 g/mol. The fourth-order valence-corrected chi connectivity index (χ4v) is 1.70. The maximum atomic E-state index is 11.5. The molecule has 0 spiro atoms. The first-order valence-corrected chi connectivity index (χ1v) is 6.26. The minimum absolute atomic E-state index is 0.194. The molecule has 1 unspecified atom stereocenters. The van der Waals surface area contributed by atoms with Crippen LogP contribution >= 0.6 is 0 Å². The van der Waals surface area contributed by atoms with E-state index in [0.29, 0.717) is 23.7 Å². The number of amides is 3. The van der Waals surface area contributed by atoms with Crippen LogP contribution in [0.4, 0.5) is 16.2 Å². The Hall–Kier alpha value is -2.24. The summed E-state index contributed by atoms with van der Waals surface area (Å²) in [4.78, 5) is 23.0. The molecule has 0 aliphatic carbocycles. The number of anilines is 2. The van der Waals surface area contributed by atoms with Gasteiger partial charge in [-0.2, -0.15) is 0 Å². The molecule has 6 heteroatoms. The summed E-state index contributed by atoms with van der Waals surface area (Å²) < 4.78 is 5.43. The van der Waals surface area contributed by atoms with Crippen molar-refractivity contribution in [2.24, 2.45) is 0 Å². The molecule has 0 bridgehead atoms. The topological polar surface area (TPSA) is 79.5 Å². The average Bonchev–Trinajstić information content (AvgIpc) is 2.38. The van der Waals surface area contributed by atoms with Crippen LogP contribution in [-0.4, -0.2) is 24.6 Å². The van der Waals surface area contributed by atoms with Gasteiger partial charge >= 0.3 is 6.03 Å². The first-order valence-electron chi connectivity index (χ1n) is 6.26. The molecular weight excluding hydrogens is 246 g/mol. The summed E-state index contributed by atoms with van der Waals surface area (Å²) in [6, 6.07) is 4.86.